The minimum atomic E-state index is -3.57. The summed E-state index contributed by atoms with van der Waals surface area (Å²) in [7, 11) is -3.57. The van der Waals surface area contributed by atoms with Crippen LogP contribution in [0.4, 0.5) is 5.69 Å². The third-order valence-electron chi connectivity index (χ3n) is 3.63. The number of halogens is 1. The van der Waals surface area contributed by atoms with Crippen LogP contribution in [-0.2, 0) is 14.8 Å². The monoisotopic (exact) mass is 488 g/mol. The SMILES string of the molecule is CCN(CC)S(=O)(=O)c1cccc(NC(=O)COc2cccc(I)c2)c1. The Kier molecular flexibility index (Phi) is 7.42. The molecular weight excluding hydrogens is 467 g/mol. The Morgan fingerprint density at radius 2 is 1.81 bits per heavy atom. The van der Waals surface area contributed by atoms with Gasteiger partial charge in [-0.15, -0.1) is 0 Å². The lowest BCUT2D eigenvalue weighted by Gasteiger charge is -2.18. The van der Waals surface area contributed by atoms with Crippen LogP contribution in [0.5, 0.6) is 5.75 Å². The molecule has 6 nitrogen and oxygen atoms in total. The van der Waals surface area contributed by atoms with Gasteiger partial charge in [-0.3, -0.25) is 4.79 Å². The zero-order valence-corrected chi connectivity index (χ0v) is 17.6. The van der Waals surface area contributed by atoms with Gasteiger partial charge >= 0.3 is 0 Å². The number of amides is 1. The van der Waals surface area contributed by atoms with Crippen LogP contribution < -0.4 is 10.1 Å². The summed E-state index contributed by atoms with van der Waals surface area (Å²) in [6.07, 6.45) is 0. The van der Waals surface area contributed by atoms with E-state index in [9.17, 15) is 13.2 Å². The molecule has 0 heterocycles. The molecule has 0 aliphatic rings. The normalized spacial score (nSPS) is 11.4. The molecule has 0 atom stereocenters. The van der Waals surface area contributed by atoms with E-state index < -0.39 is 10.0 Å². The predicted octanol–water partition coefficient (Wildman–Crippen LogP) is 3.34. The van der Waals surface area contributed by atoms with Gasteiger partial charge in [0.05, 0.1) is 4.90 Å². The molecule has 2 aromatic rings. The Morgan fingerprint density at radius 3 is 2.46 bits per heavy atom. The molecule has 0 bridgehead atoms. The zero-order valence-electron chi connectivity index (χ0n) is 14.6. The number of rotatable bonds is 8. The number of benzene rings is 2. The van der Waals surface area contributed by atoms with E-state index >= 15 is 0 Å². The molecule has 0 unspecified atom stereocenters. The smallest absolute Gasteiger partial charge is 0.262 e. The van der Waals surface area contributed by atoms with Crippen molar-refractivity contribution in [2.75, 3.05) is 25.0 Å². The van der Waals surface area contributed by atoms with Crippen molar-refractivity contribution in [3.63, 3.8) is 0 Å². The molecule has 0 radical (unpaired) electrons. The van der Waals surface area contributed by atoms with E-state index in [4.69, 9.17) is 4.74 Å². The Hall–Kier alpha value is -1.65. The van der Waals surface area contributed by atoms with E-state index in [-0.39, 0.29) is 17.4 Å². The maximum Gasteiger partial charge on any atom is 0.262 e. The van der Waals surface area contributed by atoms with Crippen molar-refractivity contribution in [3.8, 4) is 5.75 Å². The molecule has 1 amide bonds. The molecule has 1 N–H and O–H groups in total. The summed E-state index contributed by atoms with van der Waals surface area (Å²) in [6.45, 7) is 4.19. The molecule has 0 aromatic heterocycles. The summed E-state index contributed by atoms with van der Waals surface area (Å²) in [4.78, 5) is 12.2. The van der Waals surface area contributed by atoms with Crippen LogP contribution in [-0.4, -0.2) is 38.3 Å². The average molecular weight is 488 g/mol. The van der Waals surface area contributed by atoms with E-state index in [1.807, 2.05) is 18.2 Å². The van der Waals surface area contributed by atoms with Crippen molar-refractivity contribution in [1.29, 1.82) is 0 Å². The summed E-state index contributed by atoms with van der Waals surface area (Å²) >= 11 is 2.16. The number of sulfonamides is 1. The molecule has 0 aliphatic heterocycles. The molecule has 0 saturated carbocycles. The van der Waals surface area contributed by atoms with Crippen molar-refractivity contribution >= 4 is 44.2 Å². The van der Waals surface area contributed by atoms with Gasteiger partial charge in [-0.25, -0.2) is 8.42 Å². The molecule has 0 fully saturated rings. The highest BCUT2D eigenvalue weighted by Crippen LogP contribution is 2.20. The lowest BCUT2D eigenvalue weighted by Crippen LogP contribution is -2.30. The van der Waals surface area contributed by atoms with E-state index in [1.54, 1.807) is 32.0 Å². The van der Waals surface area contributed by atoms with Gasteiger partial charge in [0.1, 0.15) is 5.75 Å². The lowest BCUT2D eigenvalue weighted by atomic mass is 10.3. The summed E-state index contributed by atoms with van der Waals surface area (Å²) in [5.74, 6) is 0.242. The molecule has 2 rings (SSSR count). The third-order valence-corrected chi connectivity index (χ3v) is 6.34. The highest BCUT2D eigenvalue weighted by atomic mass is 127. The second kappa shape index (κ2) is 9.33. The number of carbonyl (C=O) groups is 1. The van der Waals surface area contributed by atoms with Gasteiger partial charge in [0.25, 0.3) is 5.91 Å². The highest BCUT2D eigenvalue weighted by molar-refractivity contribution is 14.1. The van der Waals surface area contributed by atoms with Crippen molar-refractivity contribution in [1.82, 2.24) is 4.31 Å². The molecule has 0 spiro atoms. The van der Waals surface area contributed by atoms with Gasteiger partial charge in [0.2, 0.25) is 10.0 Å². The van der Waals surface area contributed by atoms with Crippen LogP contribution in [0.15, 0.2) is 53.4 Å². The second-order valence-corrected chi connectivity index (χ2v) is 8.59. The molecular formula is C18H21IN2O4S. The van der Waals surface area contributed by atoms with Gasteiger partial charge in [-0.1, -0.05) is 26.0 Å². The van der Waals surface area contributed by atoms with E-state index in [0.717, 1.165) is 3.57 Å². The van der Waals surface area contributed by atoms with E-state index in [0.29, 0.717) is 24.5 Å². The maximum atomic E-state index is 12.6. The fourth-order valence-electron chi connectivity index (χ4n) is 2.35. The van der Waals surface area contributed by atoms with Crippen LogP contribution in [0, 0.1) is 3.57 Å². The van der Waals surface area contributed by atoms with Gasteiger partial charge in [-0.05, 0) is 59.0 Å². The fraction of sp³-hybridized carbons (Fsp3) is 0.278. The first-order valence-corrected chi connectivity index (χ1v) is 10.7. The first-order valence-electron chi connectivity index (χ1n) is 8.15. The van der Waals surface area contributed by atoms with Crippen molar-refractivity contribution < 1.29 is 17.9 Å². The maximum absolute atomic E-state index is 12.6. The van der Waals surface area contributed by atoms with Crippen LogP contribution in [0.1, 0.15) is 13.8 Å². The number of nitrogens with one attached hydrogen (secondary N) is 1. The van der Waals surface area contributed by atoms with Crippen LogP contribution in [0.3, 0.4) is 0 Å². The van der Waals surface area contributed by atoms with Crippen LogP contribution in [0.2, 0.25) is 0 Å². The molecule has 26 heavy (non-hydrogen) atoms. The van der Waals surface area contributed by atoms with Crippen molar-refractivity contribution in [3.05, 3.63) is 52.1 Å². The first kappa shape index (κ1) is 20.7. The molecule has 0 saturated heterocycles. The van der Waals surface area contributed by atoms with Gasteiger partial charge in [0, 0.05) is 22.3 Å². The topological polar surface area (TPSA) is 75.7 Å². The fourth-order valence-corrected chi connectivity index (χ4v) is 4.37. The third kappa shape index (κ3) is 5.42. The minimum Gasteiger partial charge on any atom is -0.484 e. The number of hydrogen-bond donors (Lipinski definition) is 1. The zero-order chi connectivity index (χ0) is 19.2. The number of carbonyl (C=O) groups excluding carboxylic acids is 1. The number of anilines is 1. The van der Waals surface area contributed by atoms with Gasteiger partial charge in [-0.2, -0.15) is 4.31 Å². The van der Waals surface area contributed by atoms with Crippen LogP contribution >= 0.6 is 22.6 Å². The second-order valence-electron chi connectivity index (χ2n) is 5.41. The Bertz CT molecular complexity index is 867. The summed E-state index contributed by atoms with van der Waals surface area (Å²) in [5, 5.41) is 2.67. The molecule has 0 aliphatic carbocycles. The first-order chi connectivity index (χ1) is 12.4. The van der Waals surface area contributed by atoms with E-state index in [2.05, 4.69) is 27.9 Å². The molecule has 2 aromatic carbocycles. The van der Waals surface area contributed by atoms with Crippen molar-refractivity contribution in [2.24, 2.45) is 0 Å². The predicted molar refractivity (Wildman–Crippen MR) is 110 cm³/mol. The number of nitrogens with zero attached hydrogens (tertiary/aromatic N) is 1. The number of ether oxygens (including phenoxy) is 1. The average Bonchev–Trinajstić information content (AvgIpc) is 2.61. The molecule has 8 heteroatoms. The largest absolute Gasteiger partial charge is 0.484 e. The lowest BCUT2D eigenvalue weighted by molar-refractivity contribution is -0.118. The quantitative estimate of drug-likeness (QED) is 0.579. The van der Waals surface area contributed by atoms with Crippen molar-refractivity contribution in [2.45, 2.75) is 18.7 Å². The minimum absolute atomic E-state index is 0.150. The van der Waals surface area contributed by atoms with Gasteiger partial charge < -0.3 is 10.1 Å². The number of hydrogen-bond acceptors (Lipinski definition) is 4. The standard InChI is InChI=1S/C18H21IN2O4S/c1-3-21(4-2)26(23,24)17-10-6-8-15(12-17)20-18(22)13-25-16-9-5-7-14(19)11-16/h5-12H,3-4,13H2,1-2H3,(H,20,22). The summed E-state index contributed by atoms with van der Waals surface area (Å²) in [6, 6.07) is 13.6. The van der Waals surface area contributed by atoms with Gasteiger partial charge in [0.15, 0.2) is 6.61 Å². The van der Waals surface area contributed by atoms with Crippen LogP contribution in [0.25, 0.3) is 0 Å². The Morgan fingerprint density at radius 1 is 1.12 bits per heavy atom. The Labute approximate surface area is 167 Å². The molecule has 140 valence electrons. The Balaban J connectivity index is 2.05. The summed E-state index contributed by atoms with van der Waals surface area (Å²) in [5.41, 5.74) is 0.412. The van der Waals surface area contributed by atoms with E-state index in [1.165, 1.54) is 16.4 Å². The summed E-state index contributed by atoms with van der Waals surface area (Å²) < 4.78 is 33.0. The highest BCUT2D eigenvalue weighted by Gasteiger charge is 2.21.